The molecule has 28 heavy (non-hydrogen) atoms. The van der Waals surface area contributed by atoms with Crippen molar-refractivity contribution in [1.82, 2.24) is 10.6 Å². The van der Waals surface area contributed by atoms with Crippen molar-refractivity contribution in [1.29, 1.82) is 0 Å². The van der Waals surface area contributed by atoms with E-state index in [1.165, 1.54) is 45.2 Å². The zero-order valence-electron chi connectivity index (χ0n) is 15.7. The summed E-state index contributed by atoms with van der Waals surface area (Å²) < 4.78 is 49.3. The third-order valence-corrected chi connectivity index (χ3v) is 3.66. The van der Waals surface area contributed by atoms with Crippen molar-refractivity contribution >= 4 is 23.5 Å². The van der Waals surface area contributed by atoms with Gasteiger partial charge in [0, 0.05) is 5.69 Å². The highest BCUT2D eigenvalue weighted by Crippen LogP contribution is 2.25. The normalized spacial score (nSPS) is 14.2. The number of amides is 2. The van der Waals surface area contributed by atoms with Gasteiger partial charge < -0.3 is 25.4 Å². The average Bonchev–Trinajstić information content (AvgIpc) is 2.64. The van der Waals surface area contributed by atoms with Crippen molar-refractivity contribution in [2.75, 3.05) is 19.5 Å². The molecule has 3 N–H and O–H groups in total. The Morgan fingerprint density at radius 3 is 1.93 bits per heavy atom. The molecule has 0 radical (unpaired) electrons. The van der Waals surface area contributed by atoms with E-state index < -0.39 is 42.1 Å². The second-order valence-electron chi connectivity index (χ2n) is 5.83. The Kier molecular flexibility index (Phi) is 8.08. The van der Waals surface area contributed by atoms with Gasteiger partial charge in [0.05, 0.1) is 14.2 Å². The van der Waals surface area contributed by atoms with Crippen LogP contribution in [-0.4, -0.2) is 56.3 Å². The molecule has 0 spiro atoms. The first-order chi connectivity index (χ1) is 13.0. The van der Waals surface area contributed by atoms with Gasteiger partial charge in [0.2, 0.25) is 11.9 Å². The van der Waals surface area contributed by atoms with Crippen molar-refractivity contribution in [3.63, 3.8) is 0 Å². The molecule has 11 heteroatoms. The molecule has 1 rings (SSSR count). The highest BCUT2D eigenvalue weighted by atomic mass is 19.4. The molecule has 3 atom stereocenters. The number of halogens is 3. The molecule has 0 aliphatic rings. The van der Waals surface area contributed by atoms with Crippen LogP contribution in [0.4, 0.5) is 18.9 Å². The van der Waals surface area contributed by atoms with Crippen LogP contribution in [0.1, 0.15) is 13.8 Å². The van der Waals surface area contributed by atoms with Gasteiger partial charge in [0.25, 0.3) is 5.91 Å². The molecule has 8 nitrogen and oxygen atoms in total. The molecule has 0 saturated heterocycles. The lowest BCUT2D eigenvalue weighted by Crippen LogP contribution is -2.55. The number of hydrogen-bond donors (Lipinski definition) is 3. The first-order valence-electron chi connectivity index (χ1n) is 8.15. The van der Waals surface area contributed by atoms with Gasteiger partial charge in [-0.05, 0) is 38.1 Å². The summed E-state index contributed by atoms with van der Waals surface area (Å²) >= 11 is 0. The summed E-state index contributed by atoms with van der Waals surface area (Å²) in [6.07, 6.45) is -4.92. The predicted molar refractivity (Wildman–Crippen MR) is 93.7 cm³/mol. The lowest BCUT2D eigenvalue weighted by Gasteiger charge is -2.24. The smallest absolute Gasteiger partial charge is 0.417 e. The fourth-order valence-corrected chi connectivity index (χ4v) is 2.09. The lowest BCUT2D eigenvalue weighted by atomic mass is 10.2. The number of rotatable bonds is 8. The largest absolute Gasteiger partial charge is 0.497 e. The minimum Gasteiger partial charge on any atom is -0.497 e. The van der Waals surface area contributed by atoms with E-state index in [0.29, 0.717) is 5.75 Å². The van der Waals surface area contributed by atoms with Crippen molar-refractivity contribution < 1.29 is 37.0 Å². The molecular formula is C17H22F3N3O5. The van der Waals surface area contributed by atoms with Crippen LogP contribution in [0.25, 0.3) is 0 Å². The molecule has 2 amide bonds. The van der Waals surface area contributed by atoms with Crippen LogP contribution in [0, 0.1) is 0 Å². The van der Waals surface area contributed by atoms with Crippen LogP contribution in [0.5, 0.6) is 5.75 Å². The highest BCUT2D eigenvalue weighted by Gasteiger charge is 2.45. The maximum Gasteiger partial charge on any atom is 0.417 e. The monoisotopic (exact) mass is 405 g/mol. The van der Waals surface area contributed by atoms with Gasteiger partial charge in [-0.15, -0.1) is 0 Å². The van der Waals surface area contributed by atoms with Gasteiger partial charge in [0.15, 0.2) is 0 Å². The van der Waals surface area contributed by atoms with E-state index in [1.807, 2.05) is 5.32 Å². The summed E-state index contributed by atoms with van der Waals surface area (Å²) in [6, 6.07) is 0.567. The lowest BCUT2D eigenvalue weighted by molar-refractivity contribution is -0.160. The quantitative estimate of drug-likeness (QED) is 0.562. The van der Waals surface area contributed by atoms with Crippen LogP contribution < -0.4 is 20.7 Å². The molecule has 0 aromatic heterocycles. The Morgan fingerprint density at radius 1 is 0.929 bits per heavy atom. The van der Waals surface area contributed by atoms with E-state index in [-0.39, 0.29) is 5.69 Å². The number of ether oxygens (including phenoxy) is 2. The number of hydrogen-bond acceptors (Lipinski definition) is 6. The summed E-state index contributed by atoms with van der Waals surface area (Å²) in [6.45, 7) is 2.53. The molecule has 0 aliphatic carbocycles. The Labute approximate surface area is 159 Å². The fraction of sp³-hybridized carbons (Fsp3) is 0.471. The van der Waals surface area contributed by atoms with Crippen molar-refractivity contribution in [2.24, 2.45) is 0 Å². The number of carbonyl (C=O) groups is 3. The van der Waals surface area contributed by atoms with Crippen LogP contribution in [0.2, 0.25) is 0 Å². The highest BCUT2D eigenvalue weighted by molar-refractivity contribution is 5.93. The Hall–Kier alpha value is -2.98. The topological polar surface area (TPSA) is 106 Å². The zero-order valence-corrected chi connectivity index (χ0v) is 15.7. The fourth-order valence-electron chi connectivity index (χ4n) is 2.09. The summed E-state index contributed by atoms with van der Waals surface area (Å²) in [5, 5.41) is 6.30. The zero-order chi connectivity index (χ0) is 21.5. The third kappa shape index (κ3) is 6.63. The molecular weight excluding hydrogens is 383 g/mol. The number of esters is 1. The van der Waals surface area contributed by atoms with Gasteiger partial charge in [-0.1, -0.05) is 0 Å². The summed E-state index contributed by atoms with van der Waals surface area (Å²) in [5.41, 5.74) is 0.0368. The van der Waals surface area contributed by atoms with Crippen LogP contribution in [0.15, 0.2) is 24.3 Å². The Morgan fingerprint density at radius 2 is 1.46 bits per heavy atom. The SMILES string of the molecule is COC(=O)[C@H](C)NC(=O)[C@H](C)NC(=O)C(Nc1ccc(OC)cc1)C(F)(F)F. The standard InChI is InChI=1S/C17H22F3N3O5/c1-9(14(24)22-10(2)16(26)28-4)21-15(25)13(17(18,19)20)23-11-5-7-12(27-3)8-6-11/h5-10,13,23H,1-4H3,(H,21,25)(H,22,24)/t9-,10-,13?/m0/s1. The second-order valence-corrected chi connectivity index (χ2v) is 5.83. The molecule has 1 aromatic carbocycles. The van der Waals surface area contributed by atoms with Crippen molar-refractivity contribution in [3.05, 3.63) is 24.3 Å². The van der Waals surface area contributed by atoms with Gasteiger partial charge >= 0.3 is 12.1 Å². The molecule has 156 valence electrons. The number of methoxy groups -OCH3 is 2. The number of nitrogens with one attached hydrogen (secondary N) is 3. The first-order valence-corrected chi connectivity index (χ1v) is 8.15. The Balaban J connectivity index is 2.81. The minimum atomic E-state index is -4.92. The van der Waals surface area contributed by atoms with E-state index >= 15 is 0 Å². The van der Waals surface area contributed by atoms with E-state index in [4.69, 9.17) is 4.74 Å². The van der Waals surface area contributed by atoms with E-state index in [1.54, 1.807) is 0 Å². The maximum absolute atomic E-state index is 13.3. The van der Waals surface area contributed by atoms with E-state index in [9.17, 15) is 27.6 Å². The number of carbonyl (C=O) groups excluding carboxylic acids is 3. The average molecular weight is 405 g/mol. The van der Waals surface area contributed by atoms with Crippen LogP contribution in [0.3, 0.4) is 0 Å². The molecule has 0 fully saturated rings. The van der Waals surface area contributed by atoms with Gasteiger partial charge in [-0.25, -0.2) is 4.79 Å². The maximum atomic E-state index is 13.3. The number of alkyl halides is 3. The molecule has 0 aliphatic heterocycles. The van der Waals surface area contributed by atoms with E-state index in [0.717, 1.165) is 7.11 Å². The number of anilines is 1. The number of benzene rings is 1. The van der Waals surface area contributed by atoms with Crippen molar-refractivity contribution in [3.8, 4) is 5.75 Å². The molecule has 0 saturated carbocycles. The molecule has 1 aromatic rings. The molecule has 0 bridgehead atoms. The van der Waals surface area contributed by atoms with E-state index in [2.05, 4.69) is 15.4 Å². The van der Waals surface area contributed by atoms with Crippen LogP contribution >= 0.6 is 0 Å². The van der Waals surface area contributed by atoms with Crippen LogP contribution in [-0.2, 0) is 19.1 Å². The summed E-state index contributed by atoms with van der Waals surface area (Å²) in [5.74, 6) is -2.59. The second kappa shape index (κ2) is 9.81. The van der Waals surface area contributed by atoms with Gasteiger partial charge in [-0.3, -0.25) is 9.59 Å². The molecule has 0 heterocycles. The third-order valence-electron chi connectivity index (χ3n) is 3.66. The Bertz CT molecular complexity index is 694. The molecule has 1 unspecified atom stereocenters. The van der Waals surface area contributed by atoms with Gasteiger partial charge in [-0.2, -0.15) is 13.2 Å². The first kappa shape index (κ1) is 23.1. The minimum absolute atomic E-state index is 0.0368. The summed E-state index contributed by atoms with van der Waals surface area (Å²) in [7, 11) is 2.52. The van der Waals surface area contributed by atoms with Crippen molar-refractivity contribution in [2.45, 2.75) is 38.1 Å². The summed E-state index contributed by atoms with van der Waals surface area (Å²) in [4.78, 5) is 35.4. The predicted octanol–water partition coefficient (Wildman–Crippen LogP) is 1.22. The van der Waals surface area contributed by atoms with Gasteiger partial charge in [0.1, 0.15) is 17.8 Å².